The zero-order valence-corrected chi connectivity index (χ0v) is 20.7. The van der Waals surface area contributed by atoms with Crippen LogP contribution in [0, 0.1) is 5.92 Å². The van der Waals surface area contributed by atoms with Crippen molar-refractivity contribution in [1.29, 1.82) is 0 Å². The van der Waals surface area contributed by atoms with Gasteiger partial charge in [0.1, 0.15) is 18.5 Å². The van der Waals surface area contributed by atoms with Crippen LogP contribution in [0.4, 0.5) is 0 Å². The van der Waals surface area contributed by atoms with Gasteiger partial charge in [-0.3, -0.25) is 9.59 Å². The fourth-order valence-electron chi connectivity index (χ4n) is 4.60. The molecule has 8 heteroatoms. The van der Waals surface area contributed by atoms with Crippen molar-refractivity contribution in [3.63, 3.8) is 0 Å². The average molecular weight is 505 g/mol. The molecule has 1 N–H and O–H groups in total. The van der Waals surface area contributed by atoms with Gasteiger partial charge in [0.25, 0.3) is 0 Å². The summed E-state index contributed by atoms with van der Waals surface area (Å²) in [6.07, 6.45) is 3.57. The average Bonchev–Trinajstić information content (AvgIpc) is 2.85. The molecule has 0 radical (unpaired) electrons. The maximum atomic E-state index is 13.6. The first-order valence-corrected chi connectivity index (χ1v) is 12.7. The lowest BCUT2D eigenvalue weighted by Crippen LogP contribution is -2.51. The Morgan fingerprint density at radius 2 is 1.74 bits per heavy atom. The summed E-state index contributed by atoms with van der Waals surface area (Å²) < 4.78 is 11.9. The van der Waals surface area contributed by atoms with Gasteiger partial charge in [-0.2, -0.15) is 0 Å². The number of alkyl halides is 1. The van der Waals surface area contributed by atoms with Crippen LogP contribution < -0.4 is 14.8 Å². The number of fused-ring (bicyclic) bond motifs is 1. The predicted octanol–water partition coefficient (Wildman–Crippen LogP) is 4.98. The van der Waals surface area contributed by atoms with Crippen molar-refractivity contribution in [1.82, 2.24) is 10.2 Å². The van der Waals surface area contributed by atoms with Crippen molar-refractivity contribution in [2.75, 3.05) is 19.0 Å². The van der Waals surface area contributed by atoms with Gasteiger partial charge in [-0.1, -0.05) is 42.8 Å². The van der Waals surface area contributed by atoms with Gasteiger partial charge < -0.3 is 19.7 Å². The van der Waals surface area contributed by atoms with Crippen molar-refractivity contribution in [2.24, 2.45) is 5.92 Å². The second-order valence-electron chi connectivity index (χ2n) is 9.10. The maximum Gasteiger partial charge on any atom is 0.247 e. The molecule has 2 aromatic rings. The van der Waals surface area contributed by atoms with Gasteiger partial charge in [-0.25, -0.2) is 0 Å². The number of carbonyl (C=O) groups is 2. The third kappa shape index (κ3) is 5.97. The molecule has 1 fully saturated rings. The molecule has 0 spiro atoms. The van der Waals surface area contributed by atoms with Crippen LogP contribution in [0.1, 0.15) is 44.2 Å². The predicted molar refractivity (Wildman–Crippen MR) is 133 cm³/mol. The van der Waals surface area contributed by atoms with Gasteiger partial charge in [-0.05, 0) is 61.4 Å². The molecule has 4 rings (SSSR count). The Hall–Kier alpha value is -2.44. The molecule has 0 aromatic heterocycles. The maximum absolute atomic E-state index is 13.6. The number of rotatable bonds is 7. The van der Waals surface area contributed by atoms with E-state index in [-0.39, 0.29) is 36.9 Å². The molecule has 2 aliphatic rings. The minimum Gasteiger partial charge on any atom is -0.486 e. The third-order valence-corrected chi connectivity index (χ3v) is 6.99. The van der Waals surface area contributed by atoms with E-state index >= 15 is 0 Å². The Labute approximate surface area is 210 Å². The molecule has 182 valence electrons. The highest BCUT2D eigenvalue weighted by molar-refractivity contribution is 6.30. The number of nitrogens with zero attached hydrogens (tertiary/aromatic N) is 1. The van der Waals surface area contributed by atoms with E-state index in [1.807, 2.05) is 24.3 Å². The van der Waals surface area contributed by atoms with Crippen molar-refractivity contribution >= 4 is 35.0 Å². The lowest BCUT2D eigenvalue weighted by atomic mass is 9.87. The zero-order valence-electron chi connectivity index (χ0n) is 19.2. The molecule has 2 amide bonds. The minimum absolute atomic E-state index is 0.0904. The summed E-state index contributed by atoms with van der Waals surface area (Å²) in [6.45, 7) is 2.65. The van der Waals surface area contributed by atoms with Crippen LogP contribution in [0.15, 0.2) is 48.5 Å². The first-order chi connectivity index (χ1) is 16.4. The number of amides is 2. The van der Waals surface area contributed by atoms with Gasteiger partial charge in [0.15, 0.2) is 17.6 Å². The van der Waals surface area contributed by atoms with Crippen LogP contribution in [-0.2, 0) is 9.59 Å². The molecule has 1 heterocycles. The number of nitrogens with one attached hydrogen (secondary N) is 1. The van der Waals surface area contributed by atoms with Gasteiger partial charge in [0.2, 0.25) is 11.8 Å². The first kappa shape index (κ1) is 24.7. The summed E-state index contributed by atoms with van der Waals surface area (Å²) in [5, 5.41) is 3.74. The highest BCUT2D eigenvalue weighted by Crippen LogP contribution is 2.32. The highest BCUT2D eigenvalue weighted by Gasteiger charge is 2.36. The lowest BCUT2D eigenvalue weighted by molar-refractivity contribution is -0.141. The van der Waals surface area contributed by atoms with E-state index in [0.29, 0.717) is 28.0 Å². The Morgan fingerprint density at radius 1 is 1.06 bits per heavy atom. The van der Waals surface area contributed by atoms with Gasteiger partial charge in [-0.15, -0.1) is 11.6 Å². The number of halogens is 2. The second kappa shape index (κ2) is 11.3. The summed E-state index contributed by atoms with van der Waals surface area (Å²) >= 11 is 12.1. The molecular weight excluding hydrogens is 475 g/mol. The molecule has 1 aliphatic carbocycles. The molecule has 1 aliphatic heterocycles. The summed E-state index contributed by atoms with van der Waals surface area (Å²) in [6, 6.07) is 13.6. The first-order valence-electron chi connectivity index (χ1n) is 11.7. The van der Waals surface area contributed by atoms with Crippen molar-refractivity contribution in [3.8, 4) is 11.5 Å². The Morgan fingerprint density at radius 3 is 2.41 bits per heavy atom. The Balaban J connectivity index is 1.58. The van der Waals surface area contributed by atoms with E-state index in [0.717, 1.165) is 25.7 Å². The number of hydrogen-bond donors (Lipinski definition) is 1. The topological polar surface area (TPSA) is 67.9 Å². The van der Waals surface area contributed by atoms with Crippen LogP contribution in [0.25, 0.3) is 0 Å². The third-order valence-electron chi connectivity index (χ3n) is 6.51. The van der Waals surface area contributed by atoms with Gasteiger partial charge in [0, 0.05) is 11.1 Å². The summed E-state index contributed by atoms with van der Waals surface area (Å²) in [4.78, 5) is 28.2. The van der Waals surface area contributed by atoms with Gasteiger partial charge in [0.05, 0.1) is 6.54 Å². The zero-order chi connectivity index (χ0) is 24.1. The van der Waals surface area contributed by atoms with Crippen molar-refractivity contribution < 1.29 is 19.1 Å². The number of benzene rings is 2. The fourth-order valence-corrected chi connectivity index (χ4v) is 4.88. The van der Waals surface area contributed by atoms with E-state index in [4.69, 9.17) is 32.7 Å². The van der Waals surface area contributed by atoms with Crippen molar-refractivity contribution in [3.05, 3.63) is 59.1 Å². The van der Waals surface area contributed by atoms with E-state index in [2.05, 4.69) is 12.2 Å². The van der Waals surface area contributed by atoms with Crippen LogP contribution in [0.3, 0.4) is 0 Å². The number of carbonyl (C=O) groups excluding carboxylic acids is 2. The van der Waals surface area contributed by atoms with E-state index in [1.54, 1.807) is 24.3 Å². The Kier molecular flexibility index (Phi) is 8.22. The summed E-state index contributed by atoms with van der Waals surface area (Å²) in [7, 11) is 0. The van der Waals surface area contributed by atoms with E-state index < -0.39 is 12.1 Å². The molecule has 34 heavy (non-hydrogen) atoms. The quantitative estimate of drug-likeness (QED) is 0.539. The molecule has 0 bridgehead atoms. The number of para-hydroxylation sites is 2. The molecule has 2 atom stereocenters. The lowest BCUT2D eigenvalue weighted by Gasteiger charge is -2.36. The smallest absolute Gasteiger partial charge is 0.247 e. The molecule has 2 aromatic carbocycles. The van der Waals surface area contributed by atoms with Crippen LogP contribution >= 0.6 is 23.2 Å². The number of ether oxygens (including phenoxy) is 2. The molecule has 6 nitrogen and oxygen atoms in total. The molecule has 0 unspecified atom stereocenters. The van der Waals surface area contributed by atoms with Crippen molar-refractivity contribution in [2.45, 2.75) is 50.8 Å². The van der Waals surface area contributed by atoms with E-state index in [1.165, 1.54) is 4.90 Å². The normalized spacial score (nSPS) is 22.5. The largest absolute Gasteiger partial charge is 0.486 e. The van der Waals surface area contributed by atoms with Crippen LogP contribution in [-0.4, -0.2) is 47.9 Å². The summed E-state index contributed by atoms with van der Waals surface area (Å²) in [5.41, 5.74) is 0.668. The highest BCUT2D eigenvalue weighted by atomic mass is 35.5. The Bertz CT molecular complexity index is 993. The minimum atomic E-state index is -0.858. The SMILES string of the molecule is CC1CCC(NC(=O)[C@@H](c2ccc(Cl)cc2)N(C[C@@H]2COc3ccccc3O2)C(=O)CCl)CC1. The van der Waals surface area contributed by atoms with Crippen LogP contribution in [0.5, 0.6) is 11.5 Å². The fraction of sp³-hybridized carbons (Fsp3) is 0.462. The van der Waals surface area contributed by atoms with E-state index in [9.17, 15) is 9.59 Å². The molecular formula is C26H30Cl2N2O4. The standard InChI is InChI=1S/C26H30Cl2N2O4/c1-17-6-12-20(13-7-17)29-26(32)25(18-8-10-19(28)11-9-18)30(24(31)14-27)15-21-16-33-22-4-2-3-5-23(22)34-21/h2-5,8-11,17,20-21,25H,6-7,12-16H2,1H3,(H,29,32)/t17?,20?,21-,25-/m1/s1. The second-order valence-corrected chi connectivity index (χ2v) is 9.80. The number of hydrogen-bond acceptors (Lipinski definition) is 4. The van der Waals surface area contributed by atoms with Crippen LogP contribution in [0.2, 0.25) is 5.02 Å². The molecule has 0 saturated heterocycles. The van der Waals surface area contributed by atoms with Gasteiger partial charge >= 0.3 is 0 Å². The monoisotopic (exact) mass is 504 g/mol. The summed E-state index contributed by atoms with van der Waals surface area (Å²) in [5.74, 6) is 1.12. The molecule has 1 saturated carbocycles.